The van der Waals surface area contributed by atoms with Crippen LogP contribution in [0.2, 0.25) is 0 Å². The van der Waals surface area contributed by atoms with E-state index < -0.39 is 9.73 Å². The Morgan fingerprint density at radius 3 is 2.62 bits per heavy atom. The lowest BCUT2D eigenvalue weighted by atomic mass is 9.93. The molecule has 0 atom stereocenters. The Labute approximate surface area is 169 Å². The van der Waals surface area contributed by atoms with E-state index in [2.05, 4.69) is 24.6 Å². The van der Waals surface area contributed by atoms with E-state index >= 15 is 0 Å². The molecule has 1 aliphatic carbocycles. The molecule has 3 heterocycles. The van der Waals surface area contributed by atoms with Gasteiger partial charge in [-0.15, -0.1) is 0 Å². The molecule has 154 valence electrons. The Hall–Kier alpha value is -2.75. The highest BCUT2D eigenvalue weighted by molar-refractivity contribution is 7.92. The molecule has 1 N–H and O–H groups in total. The minimum Gasteiger partial charge on any atom is -0.351 e. The van der Waals surface area contributed by atoms with Crippen LogP contribution in [0.3, 0.4) is 0 Å². The fraction of sp³-hybridized carbons (Fsp3) is 0.474. The van der Waals surface area contributed by atoms with Crippen molar-refractivity contribution in [2.24, 2.45) is 4.36 Å². The zero-order valence-corrected chi connectivity index (χ0v) is 17.8. The van der Waals surface area contributed by atoms with E-state index in [1.807, 2.05) is 13.8 Å². The van der Waals surface area contributed by atoms with Gasteiger partial charge < -0.3 is 5.32 Å². The summed E-state index contributed by atoms with van der Waals surface area (Å²) in [6.07, 6.45) is 8.08. The van der Waals surface area contributed by atoms with Crippen LogP contribution >= 0.6 is 0 Å². The van der Waals surface area contributed by atoms with Gasteiger partial charge in [0.15, 0.2) is 17.3 Å². The predicted molar refractivity (Wildman–Crippen MR) is 115 cm³/mol. The molecule has 0 spiro atoms. The lowest BCUT2D eigenvalue weighted by molar-refractivity contribution is 0.443. The van der Waals surface area contributed by atoms with Crippen molar-refractivity contribution in [3.05, 3.63) is 34.7 Å². The first-order valence-electron chi connectivity index (χ1n) is 9.64. The molecule has 4 rings (SSSR count). The van der Waals surface area contributed by atoms with Gasteiger partial charge in [0.2, 0.25) is 5.95 Å². The summed E-state index contributed by atoms with van der Waals surface area (Å²) in [7, 11) is -2.36. The smallest absolute Gasteiger partial charge is 0.278 e. The Bertz CT molecular complexity index is 1240. The van der Waals surface area contributed by atoms with Crippen molar-refractivity contribution in [3.8, 4) is 5.82 Å². The van der Waals surface area contributed by atoms with E-state index in [9.17, 15) is 9.00 Å². The van der Waals surface area contributed by atoms with Gasteiger partial charge in [-0.25, -0.2) is 23.5 Å². The summed E-state index contributed by atoms with van der Waals surface area (Å²) < 4.78 is 19.6. The Kier molecular flexibility index (Phi) is 4.89. The molecule has 0 unspecified atom stereocenters. The van der Waals surface area contributed by atoms with E-state index in [-0.39, 0.29) is 11.6 Å². The number of hydrogen-bond acceptors (Lipinski definition) is 7. The second-order valence-corrected chi connectivity index (χ2v) is 10.4. The molecule has 0 amide bonds. The number of pyridine rings is 1. The Morgan fingerprint density at radius 2 is 2.00 bits per heavy atom. The number of aromatic nitrogens is 5. The highest BCUT2D eigenvalue weighted by atomic mass is 32.2. The van der Waals surface area contributed by atoms with Crippen LogP contribution in [0.4, 0.5) is 11.8 Å². The topological polar surface area (TPSA) is 107 Å². The van der Waals surface area contributed by atoms with E-state index in [1.54, 1.807) is 46.3 Å². The van der Waals surface area contributed by atoms with Crippen LogP contribution < -0.4 is 10.9 Å². The van der Waals surface area contributed by atoms with E-state index in [0.717, 1.165) is 12.8 Å². The van der Waals surface area contributed by atoms with Gasteiger partial charge in [0.1, 0.15) is 5.39 Å². The van der Waals surface area contributed by atoms with Gasteiger partial charge >= 0.3 is 0 Å². The van der Waals surface area contributed by atoms with Crippen LogP contribution in [0.15, 0.2) is 33.6 Å². The van der Waals surface area contributed by atoms with E-state index in [0.29, 0.717) is 34.7 Å². The molecule has 10 heteroatoms. The molecule has 1 fully saturated rings. The van der Waals surface area contributed by atoms with Crippen LogP contribution in [0.5, 0.6) is 0 Å². The number of rotatable bonds is 5. The predicted octanol–water partition coefficient (Wildman–Crippen LogP) is 2.88. The lowest BCUT2D eigenvalue weighted by Crippen LogP contribution is -2.28. The van der Waals surface area contributed by atoms with Gasteiger partial charge in [0, 0.05) is 40.5 Å². The van der Waals surface area contributed by atoms with Crippen molar-refractivity contribution in [2.45, 2.75) is 45.2 Å². The quantitative estimate of drug-likeness (QED) is 0.687. The number of nitrogens with zero attached hydrogens (tertiary/aromatic N) is 6. The highest BCUT2D eigenvalue weighted by Crippen LogP contribution is 2.24. The van der Waals surface area contributed by atoms with Crippen molar-refractivity contribution in [3.63, 3.8) is 0 Å². The summed E-state index contributed by atoms with van der Waals surface area (Å²) in [5.74, 6) is 1.34. The van der Waals surface area contributed by atoms with Gasteiger partial charge in [-0.1, -0.05) is 6.07 Å². The monoisotopic (exact) mass is 415 g/mol. The average Bonchev–Trinajstić information content (AvgIpc) is 2.89. The third-order valence-electron chi connectivity index (χ3n) is 4.80. The fourth-order valence-corrected chi connectivity index (χ4v) is 3.85. The maximum atomic E-state index is 13.0. The maximum Gasteiger partial charge on any atom is 0.278 e. The van der Waals surface area contributed by atoms with Gasteiger partial charge in [-0.3, -0.25) is 4.79 Å². The van der Waals surface area contributed by atoms with Crippen LogP contribution in [-0.2, 0) is 9.73 Å². The maximum absolute atomic E-state index is 13.0. The first-order chi connectivity index (χ1) is 13.7. The van der Waals surface area contributed by atoms with Gasteiger partial charge in [-0.2, -0.15) is 9.35 Å². The summed E-state index contributed by atoms with van der Waals surface area (Å²) in [4.78, 5) is 26.5. The molecule has 29 heavy (non-hydrogen) atoms. The standard InChI is InChI=1S/C19H25N7O2S/c1-12(2)25-18(27)14-11-20-19(21-13-7-5-8-13)23-17(14)26(25)16-10-6-9-15(22-16)24-29(3,4)28/h6,9-13H,5,7-8H2,1-4H3,(H,20,21,23). The molecule has 1 saturated carbocycles. The molecule has 9 nitrogen and oxygen atoms in total. The minimum absolute atomic E-state index is 0.122. The van der Waals surface area contributed by atoms with E-state index in [1.165, 1.54) is 6.42 Å². The second-order valence-electron chi connectivity index (χ2n) is 7.88. The summed E-state index contributed by atoms with van der Waals surface area (Å²) in [6.45, 7) is 3.85. The van der Waals surface area contributed by atoms with Gasteiger partial charge in [0.25, 0.3) is 5.56 Å². The first-order valence-corrected chi connectivity index (χ1v) is 12.0. The molecule has 3 aromatic rings. The molecular weight excluding hydrogens is 390 g/mol. The van der Waals surface area contributed by atoms with Crippen molar-refractivity contribution in [2.75, 3.05) is 17.8 Å². The zero-order chi connectivity index (χ0) is 20.8. The highest BCUT2D eigenvalue weighted by Gasteiger charge is 2.22. The number of anilines is 1. The summed E-state index contributed by atoms with van der Waals surface area (Å²) in [5.41, 5.74) is 0.308. The largest absolute Gasteiger partial charge is 0.351 e. The van der Waals surface area contributed by atoms with Crippen molar-refractivity contribution in [1.82, 2.24) is 24.3 Å². The third-order valence-corrected chi connectivity index (χ3v) is 5.43. The number of nitrogens with one attached hydrogen (secondary N) is 1. The minimum atomic E-state index is -2.36. The first kappa shape index (κ1) is 19.6. The second kappa shape index (κ2) is 7.25. The third kappa shape index (κ3) is 3.89. The van der Waals surface area contributed by atoms with Crippen molar-refractivity contribution in [1.29, 1.82) is 0 Å². The van der Waals surface area contributed by atoms with Crippen molar-refractivity contribution < 1.29 is 4.21 Å². The van der Waals surface area contributed by atoms with Crippen LogP contribution in [0.1, 0.15) is 39.2 Å². The zero-order valence-electron chi connectivity index (χ0n) is 17.0. The molecule has 0 aliphatic heterocycles. The summed E-state index contributed by atoms with van der Waals surface area (Å²) >= 11 is 0. The van der Waals surface area contributed by atoms with Crippen LogP contribution in [0.25, 0.3) is 16.9 Å². The fourth-order valence-electron chi connectivity index (χ4n) is 3.30. The summed E-state index contributed by atoms with van der Waals surface area (Å²) in [5, 5.41) is 3.75. The van der Waals surface area contributed by atoms with Gasteiger partial charge in [0.05, 0.1) is 0 Å². The van der Waals surface area contributed by atoms with Crippen molar-refractivity contribution >= 4 is 32.5 Å². The van der Waals surface area contributed by atoms with Crippen LogP contribution in [-0.4, -0.2) is 47.1 Å². The Balaban J connectivity index is 1.93. The van der Waals surface area contributed by atoms with Crippen LogP contribution in [0, 0.1) is 0 Å². The molecule has 1 aliphatic rings. The lowest BCUT2D eigenvalue weighted by Gasteiger charge is -2.26. The molecule has 3 aromatic heterocycles. The molecule has 0 saturated heterocycles. The number of hydrogen-bond donors (Lipinski definition) is 1. The SMILES string of the molecule is CC(C)n1c(=O)c2cnc(NC3CCC3)nc2n1-c1cccc(N=S(C)(C)=O)n1. The molecule has 0 aromatic carbocycles. The molecule has 0 bridgehead atoms. The summed E-state index contributed by atoms with van der Waals surface area (Å²) in [6, 6.07) is 5.51. The average molecular weight is 416 g/mol. The molecule has 0 radical (unpaired) electrons. The van der Waals surface area contributed by atoms with Gasteiger partial charge in [-0.05, 0) is 45.2 Å². The number of fused-ring (bicyclic) bond motifs is 1. The van der Waals surface area contributed by atoms with E-state index in [4.69, 9.17) is 0 Å². The normalized spacial score (nSPS) is 14.9. The Morgan fingerprint density at radius 1 is 1.24 bits per heavy atom. The molecular formula is C19H25N7O2S.